The number of nitrogens with zero attached hydrogens (tertiary/aromatic N) is 2. The molecule has 1 N–H and O–H groups in total. The van der Waals surface area contributed by atoms with Crippen molar-refractivity contribution in [3.05, 3.63) is 60.0 Å². The zero-order valence-corrected chi connectivity index (χ0v) is 18.2. The molecular formula is C24H31FN2O4. The van der Waals surface area contributed by atoms with Crippen LogP contribution in [0.1, 0.15) is 37.8 Å². The fraction of sp³-hybridized carbons (Fsp3) is 0.458. The second-order valence-electron chi connectivity index (χ2n) is 7.55. The Hall–Kier alpha value is -2.48. The van der Waals surface area contributed by atoms with Gasteiger partial charge in [0, 0.05) is 31.0 Å². The Morgan fingerprint density at radius 1 is 1.16 bits per heavy atom. The molecule has 168 valence electrons. The number of benzene rings is 2. The summed E-state index contributed by atoms with van der Waals surface area (Å²) in [5, 5.41) is 12.2. The number of hydrogen-bond acceptors (Lipinski definition) is 6. The number of halogens is 1. The highest BCUT2D eigenvalue weighted by Gasteiger charge is 2.25. The lowest BCUT2D eigenvalue weighted by atomic mass is 9.91. The van der Waals surface area contributed by atoms with Crippen LogP contribution in [-0.2, 0) is 4.74 Å². The lowest BCUT2D eigenvalue weighted by molar-refractivity contribution is -0.0688. The first kappa shape index (κ1) is 23.2. The van der Waals surface area contributed by atoms with E-state index < -0.39 is 0 Å². The molecule has 1 atom stereocenters. The molecule has 0 saturated carbocycles. The largest absolute Gasteiger partial charge is 0.465 e. The molecule has 1 aliphatic rings. The molecule has 0 amide bonds. The quantitative estimate of drug-likeness (QED) is 0.417. The number of fused-ring (bicyclic) bond motifs is 1. The second kappa shape index (κ2) is 11.8. The van der Waals surface area contributed by atoms with Gasteiger partial charge in [-0.1, -0.05) is 23.4 Å². The number of piperidine rings is 1. The molecule has 31 heavy (non-hydrogen) atoms. The lowest BCUT2D eigenvalue weighted by Crippen LogP contribution is -2.34. The third-order valence-corrected chi connectivity index (χ3v) is 5.45. The Labute approximate surface area is 182 Å². The smallest absolute Gasteiger partial charge is 0.196 e. The molecule has 0 bridgehead atoms. The maximum Gasteiger partial charge on any atom is 0.196 e. The molecule has 4 rings (SSSR count). The van der Waals surface area contributed by atoms with Gasteiger partial charge in [-0.15, -0.1) is 0 Å². The molecule has 1 aliphatic heterocycles. The molecule has 1 unspecified atom stereocenters. The highest BCUT2D eigenvalue weighted by Crippen LogP contribution is 2.32. The molecule has 7 heteroatoms. The number of aliphatic hydroxyl groups excluding tert-OH is 1. The first-order valence-electron chi connectivity index (χ1n) is 10.7. The Morgan fingerprint density at radius 3 is 2.65 bits per heavy atom. The van der Waals surface area contributed by atoms with Crippen molar-refractivity contribution >= 4 is 11.0 Å². The van der Waals surface area contributed by atoms with E-state index in [9.17, 15) is 4.39 Å². The van der Waals surface area contributed by atoms with Gasteiger partial charge in [0.05, 0.1) is 12.3 Å². The maximum absolute atomic E-state index is 13.3. The summed E-state index contributed by atoms with van der Waals surface area (Å²) in [4.78, 5) is 2.46. The number of aromatic nitrogens is 1. The molecule has 1 fully saturated rings. The van der Waals surface area contributed by atoms with Crippen LogP contribution in [0.5, 0.6) is 5.75 Å². The van der Waals surface area contributed by atoms with Gasteiger partial charge in [-0.2, -0.15) is 0 Å². The number of para-hydroxylation sites is 1. The fourth-order valence-corrected chi connectivity index (χ4v) is 3.92. The summed E-state index contributed by atoms with van der Waals surface area (Å²) in [5.41, 5.74) is 1.50. The summed E-state index contributed by atoms with van der Waals surface area (Å²) < 4.78 is 30.2. The predicted octanol–water partition coefficient (Wildman–Crippen LogP) is 4.59. The molecule has 2 aromatic carbocycles. The minimum Gasteiger partial charge on any atom is -0.465 e. The van der Waals surface area contributed by atoms with Crippen molar-refractivity contribution in [2.24, 2.45) is 0 Å². The highest BCUT2D eigenvalue weighted by atomic mass is 19.1. The molecule has 6 nitrogen and oxygen atoms in total. The van der Waals surface area contributed by atoms with Gasteiger partial charge < -0.3 is 24.0 Å². The topological polar surface area (TPSA) is 68.0 Å². The van der Waals surface area contributed by atoms with Crippen LogP contribution in [0.25, 0.3) is 11.0 Å². The average Bonchev–Trinajstić information content (AvgIpc) is 3.22. The first-order chi connectivity index (χ1) is 15.2. The number of ether oxygens (including phenoxy) is 2. The average molecular weight is 431 g/mol. The minimum atomic E-state index is -0.291. The maximum atomic E-state index is 13.3. The molecule has 0 radical (unpaired) electrons. The fourth-order valence-electron chi connectivity index (χ4n) is 3.92. The molecule has 3 aromatic rings. The highest BCUT2D eigenvalue weighted by molar-refractivity contribution is 5.79. The number of aliphatic hydroxyl groups is 1. The van der Waals surface area contributed by atoms with Crippen molar-refractivity contribution in [2.45, 2.75) is 38.4 Å². The standard InChI is InChI=1S/C23H27FN2O3.CH4O/c1-17(28-20-6-3-2-4-7-20)27-15-5-12-26-13-10-18(11-14-26)23-21-9-8-19(24)16-22(21)29-25-23;1-2/h2-4,6-9,16-18H,5,10-15H2,1H3;2H,1H3. The van der Waals surface area contributed by atoms with E-state index in [1.54, 1.807) is 6.07 Å². The normalized spacial score (nSPS) is 16.0. The summed E-state index contributed by atoms with van der Waals surface area (Å²) >= 11 is 0. The summed E-state index contributed by atoms with van der Waals surface area (Å²) in [6.07, 6.45) is 2.79. The zero-order chi connectivity index (χ0) is 22.1. The monoisotopic (exact) mass is 430 g/mol. The van der Waals surface area contributed by atoms with Crippen molar-refractivity contribution in [1.29, 1.82) is 0 Å². The zero-order valence-electron chi connectivity index (χ0n) is 18.2. The molecule has 2 heterocycles. The van der Waals surface area contributed by atoms with Crippen molar-refractivity contribution in [2.75, 3.05) is 33.4 Å². The van der Waals surface area contributed by atoms with Crippen LogP contribution in [-0.4, -0.2) is 54.8 Å². The Balaban J connectivity index is 0.00000132. The summed E-state index contributed by atoms with van der Waals surface area (Å²) in [5.74, 6) is 0.902. The van der Waals surface area contributed by atoms with Gasteiger partial charge in [-0.05, 0) is 63.5 Å². The predicted molar refractivity (Wildman–Crippen MR) is 118 cm³/mol. The Bertz CT molecular complexity index is 910. The van der Waals surface area contributed by atoms with Gasteiger partial charge in [0.1, 0.15) is 11.6 Å². The Morgan fingerprint density at radius 2 is 1.90 bits per heavy atom. The Kier molecular flexibility index (Phi) is 8.82. The van der Waals surface area contributed by atoms with E-state index in [2.05, 4.69) is 10.1 Å². The van der Waals surface area contributed by atoms with Gasteiger partial charge in [-0.25, -0.2) is 4.39 Å². The van der Waals surface area contributed by atoms with E-state index in [0.717, 1.165) is 62.8 Å². The number of rotatable bonds is 8. The summed E-state index contributed by atoms with van der Waals surface area (Å²) in [7, 11) is 1.00. The van der Waals surface area contributed by atoms with Gasteiger partial charge in [-0.3, -0.25) is 0 Å². The van der Waals surface area contributed by atoms with Crippen molar-refractivity contribution in [1.82, 2.24) is 10.1 Å². The van der Waals surface area contributed by atoms with Crippen LogP contribution >= 0.6 is 0 Å². The summed E-state index contributed by atoms with van der Waals surface area (Å²) in [6, 6.07) is 14.4. The van der Waals surface area contributed by atoms with Crippen LogP contribution < -0.4 is 4.74 Å². The van der Waals surface area contributed by atoms with Crippen LogP contribution in [0.3, 0.4) is 0 Å². The van der Waals surface area contributed by atoms with Crippen molar-refractivity contribution in [3.63, 3.8) is 0 Å². The molecule has 1 saturated heterocycles. The van der Waals surface area contributed by atoms with Gasteiger partial charge >= 0.3 is 0 Å². The van der Waals surface area contributed by atoms with Gasteiger partial charge in [0.25, 0.3) is 0 Å². The van der Waals surface area contributed by atoms with E-state index in [-0.39, 0.29) is 12.1 Å². The van der Waals surface area contributed by atoms with Crippen LogP contribution in [0.15, 0.2) is 53.1 Å². The van der Waals surface area contributed by atoms with Gasteiger partial charge in [0.15, 0.2) is 11.9 Å². The van der Waals surface area contributed by atoms with E-state index in [1.807, 2.05) is 37.3 Å². The lowest BCUT2D eigenvalue weighted by Gasteiger charge is -2.31. The van der Waals surface area contributed by atoms with Crippen molar-refractivity contribution < 1.29 is 23.5 Å². The second-order valence-corrected chi connectivity index (χ2v) is 7.55. The van der Waals surface area contributed by atoms with E-state index >= 15 is 0 Å². The van der Waals surface area contributed by atoms with Crippen LogP contribution in [0, 0.1) is 5.82 Å². The molecule has 1 aromatic heterocycles. The molecule has 0 spiro atoms. The minimum absolute atomic E-state index is 0.256. The third-order valence-electron chi connectivity index (χ3n) is 5.45. The summed E-state index contributed by atoms with van der Waals surface area (Å²) in [6.45, 7) is 5.65. The number of likely N-dealkylation sites (tertiary alicyclic amines) is 1. The van der Waals surface area contributed by atoms with Crippen LogP contribution in [0.2, 0.25) is 0 Å². The van der Waals surface area contributed by atoms with E-state index in [1.165, 1.54) is 12.1 Å². The van der Waals surface area contributed by atoms with Crippen LogP contribution in [0.4, 0.5) is 4.39 Å². The molecular weight excluding hydrogens is 399 g/mol. The van der Waals surface area contributed by atoms with Gasteiger partial charge in [0.2, 0.25) is 0 Å². The first-order valence-corrected chi connectivity index (χ1v) is 10.7. The van der Waals surface area contributed by atoms with E-state index in [4.69, 9.17) is 19.1 Å². The van der Waals surface area contributed by atoms with Crippen molar-refractivity contribution in [3.8, 4) is 5.75 Å². The van der Waals surface area contributed by atoms with E-state index in [0.29, 0.717) is 18.1 Å². The third kappa shape index (κ3) is 6.50. The number of hydrogen-bond donors (Lipinski definition) is 1. The SMILES string of the molecule is CC(OCCCN1CCC(c2noc3cc(F)ccc23)CC1)Oc1ccccc1.CO. The molecule has 0 aliphatic carbocycles.